The third-order valence-corrected chi connectivity index (χ3v) is 2.31. The van der Waals surface area contributed by atoms with Crippen LogP contribution < -0.4 is 10.1 Å². The number of likely N-dealkylation sites (N-methyl/N-ethyl adjacent to an activating group) is 1. The van der Waals surface area contributed by atoms with Crippen LogP contribution in [-0.4, -0.2) is 43.8 Å². The summed E-state index contributed by atoms with van der Waals surface area (Å²) >= 11 is 0. The number of carbonyl (C=O) groups excluding carboxylic acids is 1. The molecule has 0 radical (unpaired) electrons. The molecular weight excluding hydrogens is 256 g/mol. The molecule has 20 heavy (non-hydrogen) atoms. The van der Waals surface area contributed by atoms with Crippen molar-refractivity contribution in [2.45, 2.75) is 26.4 Å². The lowest BCUT2D eigenvalue weighted by atomic mass is 10.2. The summed E-state index contributed by atoms with van der Waals surface area (Å²) in [6.07, 6.45) is -0.459. The van der Waals surface area contributed by atoms with Gasteiger partial charge in [-0.3, -0.25) is 5.32 Å². The van der Waals surface area contributed by atoms with Gasteiger partial charge in [0.05, 0.1) is 0 Å². The van der Waals surface area contributed by atoms with Crippen LogP contribution in [0.3, 0.4) is 0 Å². The minimum absolute atomic E-state index is 0.459. The van der Waals surface area contributed by atoms with Gasteiger partial charge in [0, 0.05) is 12.2 Å². The largest absolute Gasteiger partial charge is 0.492 e. The molecule has 0 unspecified atom stereocenters. The van der Waals surface area contributed by atoms with Gasteiger partial charge in [0.2, 0.25) is 0 Å². The van der Waals surface area contributed by atoms with Crippen LogP contribution >= 0.6 is 0 Å². The number of carbonyl (C=O) groups is 1. The molecule has 1 rings (SSSR count). The van der Waals surface area contributed by atoms with Crippen molar-refractivity contribution in [1.82, 2.24) is 4.90 Å². The lowest BCUT2D eigenvalue weighted by Crippen LogP contribution is -2.27. The fourth-order valence-electron chi connectivity index (χ4n) is 1.40. The Bertz CT molecular complexity index is 422. The number of anilines is 1. The Labute approximate surface area is 120 Å². The number of hydrogen-bond donors (Lipinski definition) is 1. The third-order valence-electron chi connectivity index (χ3n) is 2.31. The maximum Gasteiger partial charge on any atom is 0.412 e. The Morgan fingerprint density at radius 2 is 1.80 bits per heavy atom. The molecule has 112 valence electrons. The van der Waals surface area contributed by atoms with E-state index < -0.39 is 11.7 Å². The van der Waals surface area contributed by atoms with E-state index in [4.69, 9.17) is 9.47 Å². The number of nitrogens with one attached hydrogen (secondary N) is 1. The quantitative estimate of drug-likeness (QED) is 0.901. The summed E-state index contributed by atoms with van der Waals surface area (Å²) in [7, 11) is 3.99. The normalized spacial score (nSPS) is 11.3. The number of nitrogens with zero attached hydrogens (tertiary/aromatic N) is 1. The predicted molar refractivity (Wildman–Crippen MR) is 80.3 cm³/mol. The molecule has 0 aliphatic carbocycles. The molecule has 0 aliphatic rings. The van der Waals surface area contributed by atoms with Gasteiger partial charge in [-0.05, 0) is 59.1 Å². The van der Waals surface area contributed by atoms with Crippen molar-refractivity contribution in [3.05, 3.63) is 24.3 Å². The SMILES string of the molecule is CN(C)CCOc1ccc(NC(=O)OC(C)(C)C)cc1. The second-order valence-corrected chi connectivity index (χ2v) is 5.80. The van der Waals surface area contributed by atoms with Gasteiger partial charge in [0.1, 0.15) is 18.0 Å². The molecule has 1 aromatic carbocycles. The molecule has 0 heterocycles. The maximum atomic E-state index is 11.6. The van der Waals surface area contributed by atoms with E-state index >= 15 is 0 Å². The first-order valence-electron chi connectivity index (χ1n) is 6.64. The first kappa shape index (κ1) is 16.3. The zero-order valence-electron chi connectivity index (χ0n) is 12.9. The smallest absolute Gasteiger partial charge is 0.412 e. The Morgan fingerprint density at radius 3 is 2.30 bits per heavy atom. The van der Waals surface area contributed by atoms with Gasteiger partial charge in [-0.15, -0.1) is 0 Å². The number of hydrogen-bond acceptors (Lipinski definition) is 4. The Morgan fingerprint density at radius 1 is 1.20 bits per heavy atom. The Hall–Kier alpha value is -1.75. The molecule has 0 aliphatic heterocycles. The van der Waals surface area contributed by atoms with Crippen LogP contribution in [0.5, 0.6) is 5.75 Å². The highest BCUT2D eigenvalue weighted by molar-refractivity contribution is 5.84. The van der Waals surface area contributed by atoms with E-state index in [0.29, 0.717) is 12.3 Å². The van der Waals surface area contributed by atoms with Crippen molar-refractivity contribution in [2.24, 2.45) is 0 Å². The van der Waals surface area contributed by atoms with Gasteiger partial charge in [-0.25, -0.2) is 4.79 Å². The fourth-order valence-corrected chi connectivity index (χ4v) is 1.40. The standard InChI is InChI=1S/C15H24N2O3/c1-15(2,3)20-14(18)16-12-6-8-13(9-7-12)19-11-10-17(4)5/h6-9H,10-11H2,1-5H3,(H,16,18). The van der Waals surface area contributed by atoms with Crippen LogP contribution in [0.15, 0.2) is 24.3 Å². The second-order valence-electron chi connectivity index (χ2n) is 5.80. The average Bonchev–Trinajstić information content (AvgIpc) is 2.28. The molecular formula is C15H24N2O3. The molecule has 0 saturated heterocycles. The summed E-state index contributed by atoms with van der Waals surface area (Å²) in [5, 5.41) is 2.68. The monoisotopic (exact) mass is 280 g/mol. The maximum absolute atomic E-state index is 11.6. The highest BCUT2D eigenvalue weighted by atomic mass is 16.6. The molecule has 0 fully saturated rings. The Kier molecular flexibility index (Phi) is 5.82. The van der Waals surface area contributed by atoms with Crippen LogP contribution in [0, 0.1) is 0 Å². The summed E-state index contributed by atoms with van der Waals surface area (Å²) in [6.45, 7) is 6.97. The first-order chi connectivity index (χ1) is 9.26. The van der Waals surface area contributed by atoms with Gasteiger partial charge in [0.25, 0.3) is 0 Å². The van der Waals surface area contributed by atoms with E-state index in [2.05, 4.69) is 10.2 Å². The molecule has 5 heteroatoms. The van der Waals surface area contributed by atoms with Crippen LogP contribution in [0.2, 0.25) is 0 Å². The number of amides is 1. The topological polar surface area (TPSA) is 50.8 Å². The molecule has 5 nitrogen and oxygen atoms in total. The van der Waals surface area contributed by atoms with Crippen molar-refractivity contribution in [2.75, 3.05) is 32.6 Å². The van der Waals surface area contributed by atoms with Crippen molar-refractivity contribution in [3.8, 4) is 5.75 Å². The zero-order chi connectivity index (χ0) is 15.2. The van der Waals surface area contributed by atoms with Gasteiger partial charge in [-0.2, -0.15) is 0 Å². The van der Waals surface area contributed by atoms with Gasteiger partial charge < -0.3 is 14.4 Å². The van der Waals surface area contributed by atoms with Crippen molar-refractivity contribution < 1.29 is 14.3 Å². The number of ether oxygens (including phenoxy) is 2. The van der Waals surface area contributed by atoms with Gasteiger partial charge >= 0.3 is 6.09 Å². The van der Waals surface area contributed by atoms with Gasteiger partial charge in [0.15, 0.2) is 0 Å². The van der Waals surface area contributed by atoms with Crippen LogP contribution in [0.4, 0.5) is 10.5 Å². The summed E-state index contributed by atoms with van der Waals surface area (Å²) in [5.74, 6) is 0.779. The van der Waals surface area contributed by atoms with Crippen LogP contribution in [0.1, 0.15) is 20.8 Å². The first-order valence-corrected chi connectivity index (χ1v) is 6.64. The van der Waals surface area contributed by atoms with E-state index in [0.717, 1.165) is 12.3 Å². The third kappa shape index (κ3) is 6.99. The molecule has 1 N–H and O–H groups in total. The average molecular weight is 280 g/mol. The van der Waals surface area contributed by atoms with E-state index in [1.165, 1.54) is 0 Å². The highest BCUT2D eigenvalue weighted by Gasteiger charge is 2.16. The molecule has 0 saturated carbocycles. The van der Waals surface area contributed by atoms with Crippen molar-refractivity contribution in [1.29, 1.82) is 0 Å². The van der Waals surface area contributed by atoms with Crippen molar-refractivity contribution >= 4 is 11.8 Å². The van der Waals surface area contributed by atoms with Gasteiger partial charge in [-0.1, -0.05) is 0 Å². The summed E-state index contributed by atoms with van der Waals surface area (Å²) < 4.78 is 10.7. The van der Waals surface area contributed by atoms with E-state index in [1.807, 2.05) is 47.0 Å². The lowest BCUT2D eigenvalue weighted by molar-refractivity contribution is 0.0636. The minimum Gasteiger partial charge on any atom is -0.492 e. The summed E-state index contributed by atoms with van der Waals surface area (Å²) in [5.41, 5.74) is 0.179. The molecule has 0 aromatic heterocycles. The molecule has 0 atom stereocenters. The lowest BCUT2D eigenvalue weighted by Gasteiger charge is -2.19. The molecule has 0 bridgehead atoms. The predicted octanol–water partition coefficient (Wildman–Crippen LogP) is 2.97. The van der Waals surface area contributed by atoms with E-state index in [1.54, 1.807) is 12.1 Å². The molecule has 1 amide bonds. The fraction of sp³-hybridized carbons (Fsp3) is 0.533. The van der Waals surface area contributed by atoms with Crippen LogP contribution in [0.25, 0.3) is 0 Å². The zero-order valence-corrected chi connectivity index (χ0v) is 12.9. The van der Waals surface area contributed by atoms with Crippen LogP contribution in [-0.2, 0) is 4.74 Å². The summed E-state index contributed by atoms with van der Waals surface area (Å²) in [6, 6.07) is 7.22. The summed E-state index contributed by atoms with van der Waals surface area (Å²) in [4.78, 5) is 13.6. The van der Waals surface area contributed by atoms with E-state index in [9.17, 15) is 4.79 Å². The minimum atomic E-state index is -0.501. The van der Waals surface area contributed by atoms with Crippen molar-refractivity contribution in [3.63, 3.8) is 0 Å². The number of benzene rings is 1. The molecule has 0 spiro atoms. The molecule has 1 aromatic rings. The Balaban J connectivity index is 2.44. The van der Waals surface area contributed by atoms with E-state index in [-0.39, 0.29) is 0 Å². The second kappa shape index (κ2) is 7.14. The number of rotatable bonds is 5. The highest BCUT2D eigenvalue weighted by Crippen LogP contribution is 2.17.